The summed E-state index contributed by atoms with van der Waals surface area (Å²) in [7, 11) is 0. The van der Waals surface area contributed by atoms with Crippen molar-refractivity contribution in [1.29, 1.82) is 0 Å². The Morgan fingerprint density at radius 3 is 2.70 bits per heavy atom. The third-order valence-corrected chi connectivity index (χ3v) is 3.08. The summed E-state index contributed by atoms with van der Waals surface area (Å²) < 4.78 is 5.77. The number of nitrogens with zero attached hydrogens (tertiary/aromatic N) is 2. The van der Waals surface area contributed by atoms with Crippen LogP contribution in [0.1, 0.15) is 13.3 Å². The Morgan fingerprint density at radius 2 is 1.80 bits per heavy atom. The minimum absolute atomic E-state index is 0.699. The van der Waals surface area contributed by atoms with E-state index in [-0.39, 0.29) is 0 Å². The van der Waals surface area contributed by atoms with Gasteiger partial charge in [-0.3, -0.25) is 0 Å². The van der Waals surface area contributed by atoms with E-state index in [1.807, 2.05) is 54.7 Å². The lowest BCUT2D eigenvalue weighted by Crippen LogP contribution is -1.98. The summed E-state index contributed by atoms with van der Waals surface area (Å²) in [4.78, 5) is 9.08. The molecule has 2 aromatic carbocycles. The van der Waals surface area contributed by atoms with Crippen molar-refractivity contribution in [2.24, 2.45) is 0 Å². The first-order valence-corrected chi connectivity index (χ1v) is 6.82. The molecule has 3 nitrogen and oxygen atoms in total. The molecule has 0 aliphatic heterocycles. The van der Waals surface area contributed by atoms with Crippen molar-refractivity contribution in [2.75, 3.05) is 6.61 Å². The zero-order valence-corrected chi connectivity index (χ0v) is 11.4. The number of rotatable bonds is 4. The van der Waals surface area contributed by atoms with Crippen molar-refractivity contribution in [3.63, 3.8) is 0 Å². The molecular formula is C17H16N2O. The first-order valence-electron chi connectivity index (χ1n) is 6.82. The van der Waals surface area contributed by atoms with Gasteiger partial charge < -0.3 is 4.74 Å². The van der Waals surface area contributed by atoms with Crippen molar-refractivity contribution in [3.05, 3.63) is 54.7 Å². The Labute approximate surface area is 118 Å². The molecule has 100 valence electrons. The number of hydrogen-bond acceptors (Lipinski definition) is 3. The highest BCUT2D eigenvalue weighted by Crippen LogP contribution is 2.28. The van der Waals surface area contributed by atoms with Gasteiger partial charge in [-0.05, 0) is 24.6 Å². The molecule has 0 aliphatic rings. The van der Waals surface area contributed by atoms with Crippen LogP contribution in [0.4, 0.5) is 0 Å². The summed E-state index contributed by atoms with van der Waals surface area (Å²) in [5.74, 6) is 1.54. The van der Waals surface area contributed by atoms with Crippen LogP contribution in [-0.2, 0) is 0 Å². The van der Waals surface area contributed by atoms with Gasteiger partial charge in [-0.15, -0.1) is 0 Å². The molecular weight excluding hydrogens is 248 g/mol. The van der Waals surface area contributed by atoms with Crippen molar-refractivity contribution < 1.29 is 4.74 Å². The number of aromatic nitrogens is 2. The van der Waals surface area contributed by atoms with Gasteiger partial charge in [0.25, 0.3) is 0 Å². The maximum absolute atomic E-state index is 5.77. The number of ether oxygens (including phenoxy) is 1. The maximum Gasteiger partial charge on any atom is 0.163 e. The first-order chi connectivity index (χ1) is 9.88. The predicted octanol–water partition coefficient (Wildman–Crippen LogP) is 4.09. The van der Waals surface area contributed by atoms with E-state index in [1.165, 1.54) is 0 Å². The minimum atomic E-state index is 0.699. The average molecular weight is 264 g/mol. The van der Waals surface area contributed by atoms with Crippen LogP contribution in [0, 0.1) is 0 Å². The van der Waals surface area contributed by atoms with Crippen LogP contribution < -0.4 is 4.74 Å². The monoisotopic (exact) mass is 264 g/mol. The normalized spacial score (nSPS) is 10.7. The summed E-state index contributed by atoms with van der Waals surface area (Å²) in [6.45, 7) is 2.79. The van der Waals surface area contributed by atoms with Crippen molar-refractivity contribution >= 4 is 10.9 Å². The summed E-state index contributed by atoms with van der Waals surface area (Å²) in [5, 5.41) is 1.04. The Hall–Kier alpha value is -2.42. The molecule has 0 aliphatic carbocycles. The van der Waals surface area contributed by atoms with Crippen molar-refractivity contribution in [2.45, 2.75) is 13.3 Å². The van der Waals surface area contributed by atoms with Crippen LogP contribution >= 0.6 is 0 Å². The van der Waals surface area contributed by atoms with Gasteiger partial charge in [-0.1, -0.05) is 37.3 Å². The van der Waals surface area contributed by atoms with Crippen LogP contribution in [-0.4, -0.2) is 16.6 Å². The maximum atomic E-state index is 5.77. The fourth-order valence-corrected chi connectivity index (χ4v) is 2.09. The van der Waals surface area contributed by atoms with Crippen LogP contribution in [0.15, 0.2) is 54.7 Å². The molecule has 0 unspecified atom stereocenters. The second-order valence-corrected chi connectivity index (χ2v) is 4.60. The largest absolute Gasteiger partial charge is 0.493 e. The van der Waals surface area contributed by atoms with Gasteiger partial charge in [-0.25, -0.2) is 9.97 Å². The fourth-order valence-electron chi connectivity index (χ4n) is 2.09. The molecule has 0 N–H and O–H groups in total. The molecule has 0 atom stereocenters. The lowest BCUT2D eigenvalue weighted by Gasteiger charge is -2.10. The predicted molar refractivity (Wildman–Crippen MR) is 80.8 cm³/mol. The zero-order valence-electron chi connectivity index (χ0n) is 11.4. The van der Waals surface area contributed by atoms with Gasteiger partial charge in [0, 0.05) is 11.6 Å². The number of benzene rings is 2. The SMILES string of the molecule is CCCOc1ccccc1-c1ncc2ccccc2n1. The van der Waals surface area contributed by atoms with Gasteiger partial charge in [0.05, 0.1) is 17.7 Å². The molecule has 0 spiro atoms. The van der Waals surface area contributed by atoms with E-state index in [2.05, 4.69) is 16.9 Å². The van der Waals surface area contributed by atoms with E-state index in [0.717, 1.165) is 28.6 Å². The lowest BCUT2D eigenvalue weighted by molar-refractivity contribution is 0.318. The highest BCUT2D eigenvalue weighted by molar-refractivity contribution is 5.80. The lowest BCUT2D eigenvalue weighted by atomic mass is 10.1. The van der Waals surface area contributed by atoms with Gasteiger partial charge in [-0.2, -0.15) is 0 Å². The Kier molecular flexibility index (Phi) is 3.59. The Morgan fingerprint density at radius 1 is 1.00 bits per heavy atom. The zero-order chi connectivity index (χ0) is 13.8. The van der Waals surface area contributed by atoms with Crippen molar-refractivity contribution in [3.8, 4) is 17.1 Å². The highest BCUT2D eigenvalue weighted by Gasteiger charge is 2.09. The third kappa shape index (κ3) is 2.48. The summed E-state index contributed by atoms with van der Waals surface area (Å²) in [6.07, 6.45) is 2.83. The first kappa shape index (κ1) is 12.6. The number of hydrogen-bond donors (Lipinski definition) is 0. The Balaban J connectivity index is 2.06. The molecule has 3 heteroatoms. The quantitative estimate of drug-likeness (QED) is 0.712. The molecule has 0 bridgehead atoms. The van der Waals surface area contributed by atoms with E-state index < -0.39 is 0 Å². The molecule has 0 fully saturated rings. The molecule has 3 aromatic rings. The third-order valence-electron chi connectivity index (χ3n) is 3.08. The summed E-state index contributed by atoms with van der Waals surface area (Å²) >= 11 is 0. The number of para-hydroxylation sites is 2. The van der Waals surface area contributed by atoms with Crippen molar-refractivity contribution in [1.82, 2.24) is 9.97 Å². The second kappa shape index (κ2) is 5.70. The van der Waals surface area contributed by atoms with E-state index in [0.29, 0.717) is 12.4 Å². The van der Waals surface area contributed by atoms with Crippen LogP contribution in [0.25, 0.3) is 22.3 Å². The molecule has 1 heterocycles. The van der Waals surface area contributed by atoms with E-state index in [4.69, 9.17) is 4.74 Å². The van der Waals surface area contributed by atoms with Crippen LogP contribution in [0.2, 0.25) is 0 Å². The van der Waals surface area contributed by atoms with E-state index in [9.17, 15) is 0 Å². The van der Waals surface area contributed by atoms with Gasteiger partial charge in [0.15, 0.2) is 5.82 Å². The minimum Gasteiger partial charge on any atom is -0.493 e. The van der Waals surface area contributed by atoms with Gasteiger partial charge in [0.1, 0.15) is 5.75 Å². The van der Waals surface area contributed by atoms with Crippen LogP contribution in [0.5, 0.6) is 5.75 Å². The smallest absolute Gasteiger partial charge is 0.163 e. The second-order valence-electron chi connectivity index (χ2n) is 4.60. The fraction of sp³-hybridized carbons (Fsp3) is 0.176. The van der Waals surface area contributed by atoms with Gasteiger partial charge in [0.2, 0.25) is 0 Å². The molecule has 0 amide bonds. The molecule has 0 saturated carbocycles. The molecule has 1 aromatic heterocycles. The molecule has 0 radical (unpaired) electrons. The topological polar surface area (TPSA) is 35.0 Å². The average Bonchev–Trinajstić information content (AvgIpc) is 2.53. The summed E-state index contributed by atoms with van der Waals surface area (Å²) in [5.41, 5.74) is 1.88. The molecule has 0 saturated heterocycles. The van der Waals surface area contributed by atoms with Crippen LogP contribution in [0.3, 0.4) is 0 Å². The van der Waals surface area contributed by atoms with E-state index in [1.54, 1.807) is 0 Å². The summed E-state index contributed by atoms with van der Waals surface area (Å²) in [6, 6.07) is 15.9. The Bertz CT molecular complexity index is 725. The highest BCUT2D eigenvalue weighted by atomic mass is 16.5. The molecule has 20 heavy (non-hydrogen) atoms. The number of fused-ring (bicyclic) bond motifs is 1. The van der Waals surface area contributed by atoms with E-state index >= 15 is 0 Å². The van der Waals surface area contributed by atoms with Gasteiger partial charge >= 0.3 is 0 Å². The molecule has 3 rings (SSSR count). The standard InChI is InChI=1S/C17H16N2O/c1-2-11-20-16-10-6-4-8-14(16)17-18-12-13-7-3-5-9-15(13)19-17/h3-10,12H,2,11H2,1H3.